The van der Waals surface area contributed by atoms with Crippen molar-refractivity contribution in [3.8, 4) is 11.1 Å². The zero-order valence-corrected chi connectivity index (χ0v) is 13.6. The van der Waals surface area contributed by atoms with E-state index in [1.165, 1.54) is 0 Å². The van der Waals surface area contributed by atoms with Crippen molar-refractivity contribution < 1.29 is 18.0 Å². The molecule has 1 amide bonds. The number of fused-ring (bicyclic) bond motifs is 3. The molecule has 1 fully saturated rings. The SMILES string of the molecule is O=C(NC1CCS(=O)(=O)C1)c1ccc2c(c1)C(=O)c1ccccc1-2. The Morgan fingerprint density at radius 2 is 1.71 bits per heavy atom. The van der Waals surface area contributed by atoms with E-state index in [0.717, 1.165) is 11.1 Å². The van der Waals surface area contributed by atoms with Gasteiger partial charge in [0, 0.05) is 22.7 Å². The number of rotatable bonds is 2. The van der Waals surface area contributed by atoms with E-state index in [9.17, 15) is 18.0 Å². The highest BCUT2D eigenvalue weighted by Crippen LogP contribution is 2.36. The molecule has 1 N–H and O–H groups in total. The van der Waals surface area contributed by atoms with Crippen molar-refractivity contribution in [1.82, 2.24) is 5.32 Å². The lowest BCUT2D eigenvalue weighted by Gasteiger charge is -2.11. The first-order chi connectivity index (χ1) is 11.4. The summed E-state index contributed by atoms with van der Waals surface area (Å²) in [4.78, 5) is 24.9. The zero-order chi connectivity index (χ0) is 16.9. The van der Waals surface area contributed by atoms with Crippen LogP contribution < -0.4 is 5.32 Å². The van der Waals surface area contributed by atoms with Crippen LogP contribution in [0.25, 0.3) is 11.1 Å². The number of amides is 1. The second-order valence-electron chi connectivity index (χ2n) is 6.21. The number of hydrogen-bond donors (Lipinski definition) is 1. The molecule has 0 radical (unpaired) electrons. The van der Waals surface area contributed by atoms with Gasteiger partial charge < -0.3 is 5.32 Å². The fraction of sp³-hybridized carbons (Fsp3) is 0.222. The quantitative estimate of drug-likeness (QED) is 0.771. The fourth-order valence-electron chi connectivity index (χ4n) is 3.35. The van der Waals surface area contributed by atoms with Crippen LogP contribution in [0, 0.1) is 0 Å². The summed E-state index contributed by atoms with van der Waals surface area (Å²) >= 11 is 0. The van der Waals surface area contributed by atoms with Crippen molar-refractivity contribution in [3.05, 3.63) is 59.2 Å². The molecular formula is C18H15NO4S. The first kappa shape index (κ1) is 15.1. The van der Waals surface area contributed by atoms with Crippen LogP contribution in [0.1, 0.15) is 32.7 Å². The first-order valence-electron chi connectivity index (χ1n) is 7.74. The summed E-state index contributed by atoms with van der Waals surface area (Å²) in [6, 6.07) is 12.0. The van der Waals surface area contributed by atoms with E-state index in [1.807, 2.05) is 18.2 Å². The van der Waals surface area contributed by atoms with Crippen LogP contribution >= 0.6 is 0 Å². The molecule has 24 heavy (non-hydrogen) atoms. The predicted octanol–water partition coefficient (Wildman–Crippen LogP) is 1.81. The van der Waals surface area contributed by atoms with Gasteiger partial charge in [0.15, 0.2) is 15.6 Å². The molecule has 0 aromatic heterocycles. The third-order valence-electron chi connectivity index (χ3n) is 4.56. The van der Waals surface area contributed by atoms with E-state index in [-0.39, 0.29) is 29.2 Å². The largest absolute Gasteiger partial charge is 0.348 e. The minimum atomic E-state index is -3.05. The molecule has 2 aromatic carbocycles. The van der Waals surface area contributed by atoms with Crippen LogP contribution in [-0.4, -0.2) is 37.7 Å². The highest BCUT2D eigenvalue weighted by molar-refractivity contribution is 7.91. The van der Waals surface area contributed by atoms with Gasteiger partial charge in [-0.2, -0.15) is 0 Å². The van der Waals surface area contributed by atoms with Crippen LogP contribution in [0.5, 0.6) is 0 Å². The molecule has 0 saturated carbocycles. The third-order valence-corrected chi connectivity index (χ3v) is 6.32. The van der Waals surface area contributed by atoms with E-state index >= 15 is 0 Å². The lowest BCUT2D eigenvalue weighted by Crippen LogP contribution is -2.35. The first-order valence-corrected chi connectivity index (χ1v) is 9.56. The Morgan fingerprint density at radius 1 is 1.00 bits per heavy atom. The molecule has 4 rings (SSSR count). The van der Waals surface area contributed by atoms with E-state index in [1.54, 1.807) is 24.3 Å². The highest BCUT2D eigenvalue weighted by Gasteiger charge is 2.30. The normalized spacial score (nSPS) is 20.5. The van der Waals surface area contributed by atoms with Crippen LogP contribution in [0.2, 0.25) is 0 Å². The lowest BCUT2D eigenvalue weighted by molar-refractivity contribution is 0.0941. The topological polar surface area (TPSA) is 80.3 Å². The molecule has 5 nitrogen and oxygen atoms in total. The van der Waals surface area contributed by atoms with Gasteiger partial charge in [0.05, 0.1) is 11.5 Å². The Morgan fingerprint density at radius 3 is 2.42 bits per heavy atom. The summed E-state index contributed by atoms with van der Waals surface area (Å²) in [6.07, 6.45) is 0.434. The van der Waals surface area contributed by atoms with Crippen molar-refractivity contribution in [2.45, 2.75) is 12.5 Å². The summed E-state index contributed by atoms with van der Waals surface area (Å²) in [5, 5.41) is 2.75. The average Bonchev–Trinajstić information content (AvgIpc) is 3.05. The molecule has 1 unspecified atom stereocenters. The van der Waals surface area contributed by atoms with E-state index in [0.29, 0.717) is 23.1 Å². The molecule has 0 spiro atoms. The van der Waals surface area contributed by atoms with Gasteiger partial charge in [-0.15, -0.1) is 0 Å². The number of benzene rings is 2. The Kier molecular flexibility index (Phi) is 3.31. The Hall–Kier alpha value is -2.47. The molecule has 122 valence electrons. The molecule has 6 heteroatoms. The number of carbonyl (C=O) groups is 2. The number of nitrogens with one attached hydrogen (secondary N) is 1. The minimum absolute atomic E-state index is 0.0198. The van der Waals surface area contributed by atoms with Crippen molar-refractivity contribution >= 4 is 21.5 Å². The van der Waals surface area contributed by atoms with Gasteiger partial charge in [-0.25, -0.2) is 8.42 Å². The van der Waals surface area contributed by atoms with Crippen molar-refractivity contribution in [3.63, 3.8) is 0 Å². The van der Waals surface area contributed by atoms with Gasteiger partial charge in [0.2, 0.25) is 0 Å². The number of sulfone groups is 1. The van der Waals surface area contributed by atoms with Crippen LogP contribution in [0.3, 0.4) is 0 Å². The van der Waals surface area contributed by atoms with Crippen molar-refractivity contribution in [1.29, 1.82) is 0 Å². The Labute approximate surface area is 139 Å². The number of hydrogen-bond acceptors (Lipinski definition) is 4. The summed E-state index contributed by atoms with van der Waals surface area (Å²) in [6.45, 7) is 0. The summed E-state index contributed by atoms with van der Waals surface area (Å²) in [5.41, 5.74) is 3.25. The second kappa shape index (κ2) is 5.27. The van der Waals surface area contributed by atoms with Gasteiger partial charge in [0.1, 0.15) is 0 Å². The number of carbonyl (C=O) groups excluding carboxylic acids is 2. The average molecular weight is 341 g/mol. The molecule has 1 aliphatic heterocycles. The van der Waals surface area contributed by atoms with Crippen LogP contribution in [0.15, 0.2) is 42.5 Å². The summed E-state index contributed by atoms with van der Waals surface area (Å²) < 4.78 is 23.0. The molecule has 1 saturated heterocycles. The molecule has 1 aliphatic carbocycles. The molecule has 1 atom stereocenters. The molecule has 2 aliphatic rings. The highest BCUT2D eigenvalue weighted by atomic mass is 32.2. The van der Waals surface area contributed by atoms with Crippen LogP contribution in [-0.2, 0) is 9.84 Å². The van der Waals surface area contributed by atoms with Crippen molar-refractivity contribution in [2.75, 3.05) is 11.5 Å². The third kappa shape index (κ3) is 2.43. The monoisotopic (exact) mass is 341 g/mol. The Bertz CT molecular complexity index is 978. The minimum Gasteiger partial charge on any atom is -0.348 e. The van der Waals surface area contributed by atoms with Gasteiger partial charge in [0.25, 0.3) is 5.91 Å². The Balaban J connectivity index is 1.61. The summed E-state index contributed by atoms with van der Waals surface area (Å²) in [7, 11) is -3.05. The predicted molar refractivity (Wildman–Crippen MR) is 89.8 cm³/mol. The van der Waals surface area contributed by atoms with E-state index in [4.69, 9.17) is 0 Å². The lowest BCUT2D eigenvalue weighted by atomic mass is 10.0. The van der Waals surface area contributed by atoms with Gasteiger partial charge >= 0.3 is 0 Å². The molecular weight excluding hydrogens is 326 g/mol. The zero-order valence-electron chi connectivity index (χ0n) is 12.8. The standard InChI is InChI=1S/C18H15NO4S/c20-17-15-4-2-1-3-13(15)14-6-5-11(9-16(14)17)18(21)19-12-7-8-24(22,23)10-12/h1-6,9,12H,7-8,10H2,(H,19,21). The maximum absolute atomic E-state index is 12.5. The fourth-order valence-corrected chi connectivity index (χ4v) is 5.02. The maximum Gasteiger partial charge on any atom is 0.251 e. The summed E-state index contributed by atoms with van der Waals surface area (Å²) in [5.74, 6) is -0.341. The van der Waals surface area contributed by atoms with Gasteiger partial charge in [-0.1, -0.05) is 30.3 Å². The number of ketones is 1. The molecule has 2 aromatic rings. The molecule has 1 heterocycles. The smallest absolute Gasteiger partial charge is 0.251 e. The molecule has 0 bridgehead atoms. The van der Waals surface area contributed by atoms with Gasteiger partial charge in [-0.3, -0.25) is 9.59 Å². The van der Waals surface area contributed by atoms with Crippen LogP contribution in [0.4, 0.5) is 0 Å². The van der Waals surface area contributed by atoms with E-state index in [2.05, 4.69) is 5.32 Å². The van der Waals surface area contributed by atoms with Gasteiger partial charge in [-0.05, 0) is 29.7 Å². The van der Waals surface area contributed by atoms with E-state index < -0.39 is 9.84 Å². The maximum atomic E-state index is 12.5. The van der Waals surface area contributed by atoms with Crippen molar-refractivity contribution in [2.24, 2.45) is 0 Å². The second-order valence-corrected chi connectivity index (χ2v) is 8.44.